The number of nitrogens with zero attached hydrogens (tertiary/aromatic N) is 3. The van der Waals surface area contributed by atoms with Crippen molar-refractivity contribution in [1.82, 2.24) is 25.1 Å². The molecule has 1 fully saturated rings. The average molecular weight is 415 g/mol. The summed E-state index contributed by atoms with van der Waals surface area (Å²) >= 11 is 0. The number of H-pyrrole nitrogens is 1. The number of hydrogen-bond donors (Lipinski definition) is 3. The van der Waals surface area contributed by atoms with Crippen LogP contribution in [0.4, 0.5) is 5.82 Å². The number of aromatic nitrogens is 4. The molecule has 2 aromatic heterocycles. The van der Waals surface area contributed by atoms with E-state index in [-0.39, 0.29) is 28.8 Å². The van der Waals surface area contributed by atoms with Crippen LogP contribution in [0.25, 0.3) is 5.95 Å². The highest BCUT2D eigenvalue weighted by Crippen LogP contribution is 2.38. The fourth-order valence-electron chi connectivity index (χ4n) is 4.36. The third-order valence-electron chi connectivity index (χ3n) is 5.58. The van der Waals surface area contributed by atoms with Gasteiger partial charge in [0.2, 0.25) is 5.95 Å². The first kappa shape index (κ1) is 21.7. The van der Waals surface area contributed by atoms with Crippen molar-refractivity contribution in [3.05, 3.63) is 33.4 Å². The predicted octanol–water partition coefficient (Wildman–Crippen LogP) is 2.15. The summed E-state index contributed by atoms with van der Waals surface area (Å²) in [6, 6.07) is 1.58. The number of hydrogen-bond acceptors (Lipinski definition) is 5. The molecule has 3 rings (SSSR count). The smallest absolute Gasteiger partial charge is 0.314 e. The minimum absolute atomic E-state index is 0.0357. The van der Waals surface area contributed by atoms with Crippen molar-refractivity contribution < 1.29 is 9.59 Å². The highest BCUT2D eigenvalue weighted by Gasteiger charge is 2.33. The van der Waals surface area contributed by atoms with E-state index in [2.05, 4.69) is 46.5 Å². The number of carbonyl (C=O) groups is 2. The zero-order chi connectivity index (χ0) is 22.2. The van der Waals surface area contributed by atoms with E-state index in [0.29, 0.717) is 22.9 Å². The van der Waals surface area contributed by atoms with Crippen LogP contribution in [0.1, 0.15) is 57.0 Å². The molecule has 9 heteroatoms. The molecule has 2 amide bonds. The molecule has 0 bridgehead atoms. The molecule has 3 N–H and O–H groups in total. The fraction of sp³-hybridized carbons (Fsp3) is 0.571. The molecule has 0 spiro atoms. The number of anilines is 1. The molecule has 0 unspecified atom stereocenters. The Bertz CT molecular complexity index is 1040. The van der Waals surface area contributed by atoms with Crippen LogP contribution in [0, 0.1) is 32.1 Å². The molecule has 2 aromatic rings. The van der Waals surface area contributed by atoms with Gasteiger partial charge in [0.25, 0.3) is 5.56 Å². The Morgan fingerprint density at radius 1 is 1.20 bits per heavy atom. The summed E-state index contributed by atoms with van der Waals surface area (Å²) < 4.78 is 1.32. The Kier molecular flexibility index (Phi) is 5.83. The summed E-state index contributed by atoms with van der Waals surface area (Å²) in [5, 5.41) is 9.74. The average Bonchev–Trinajstić information content (AvgIpc) is 2.97. The minimum Gasteiger partial charge on any atom is -0.345 e. The van der Waals surface area contributed by atoms with Gasteiger partial charge in [0.15, 0.2) is 0 Å². The maximum atomic E-state index is 12.6. The molecule has 30 heavy (non-hydrogen) atoms. The maximum absolute atomic E-state index is 12.6. The van der Waals surface area contributed by atoms with Gasteiger partial charge in [-0.2, -0.15) is 9.78 Å². The van der Waals surface area contributed by atoms with Crippen molar-refractivity contribution in [3.63, 3.8) is 0 Å². The second-order valence-electron chi connectivity index (χ2n) is 9.22. The first-order valence-electron chi connectivity index (χ1n) is 10.2. The van der Waals surface area contributed by atoms with Crippen molar-refractivity contribution in [2.45, 2.75) is 66.8 Å². The normalized spacial score (nSPS) is 20.6. The van der Waals surface area contributed by atoms with Crippen LogP contribution in [0.15, 0.2) is 10.9 Å². The van der Waals surface area contributed by atoms with Crippen molar-refractivity contribution in [2.24, 2.45) is 11.3 Å². The number of amides is 2. The minimum atomic E-state index is -0.779. The van der Waals surface area contributed by atoms with Gasteiger partial charge in [-0.05, 0) is 51.4 Å². The van der Waals surface area contributed by atoms with Crippen molar-refractivity contribution in [3.8, 4) is 5.95 Å². The van der Waals surface area contributed by atoms with Crippen LogP contribution in [0.2, 0.25) is 0 Å². The third kappa shape index (κ3) is 4.77. The summed E-state index contributed by atoms with van der Waals surface area (Å²) in [5.41, 5.74) is 1.52. The zero-order valence-corrected chi connectivity index (χ0v) is 18.4. The molecule has 2 heterocycles. The van der Waals surface area contributed by atoms with Gasteiger partial charge in [-0.1, -0.05) is 20.8 Å². The Morgan fingerprint density at radius 3 is 2.53 bits per heavy atom. The summed E-state index contributed by atoms with van der Waals surface area (Å²) in [5.74, 6) is -0.541. The number of rotatable bonds is 3. The Hall–Kier alpha value is -2.97. The zero-order valence-electron chi connectivity index (χ0n) is 18.4. The predicted molar refractivity (Wildman–Crippen MR) is 114 cm³/mol. The highest BCUT2D eigenvalue weighted by atomic mass is 16.2. The van der Waals surface area contributed by atoms with E-state index in [1.807, 2.05) is 0 Å². The standard InChI is InChI=1S/C21H30N6O3/c1-11-7-15(10-21(5,6)9-11)23-18(29)19(30)24-16-8-12(2)26-27(16)20-22-14(4)13(3)17(28)25-20/h8,11,15H,7,9-10H2,1-6H3,(H,23,29)(H,24,30)(H,22,25,28)/t11-,15+/m1/s1. The second-order valence-corrected chi connectivity index (χ2v) is 9.22. The van der Waals surface area contributed by atoms with Crippen LogP contribution >= 0.6 is 0 Å². The topological polar surface area (TPSA) is 122 Å². The third-order valence-corrected chi connectivity index (χ3v) is 5.58. The number of carbonyl (C=O) groups excluding carboxylic acids is 2. The fourth-order valence-corrected chi connectivity index (χ4v) is 4.36. The van der Waals surface area contributed by atoms with E-state index < -0.39 is 11.8 Å². The lowest BCUT2D eigenvalue weighted by Crippen LogP contribution is -2.46. The second kappa shape index (κ2) is 8.04. The van der Waals surface area contributed by atoms with Gasteiger partial charge in [0.1, 0.15) is 5.82 Å². The summed E-state index contributed by atoms with van der Waals surface area (Å²) in [7, 11) is 0. The summed E-state index contributed by atoms with van der Waals surface area (Å²) in [4.78, 5) is 44.2. The molecule has 0 aliphatic heterocycles. The van der Waals surface area contributed by atoms with Gasteiger partial charge in [0, 0.05) is 23.4 Å². The van der Waals surface area contributed by atoms with E-state index in [1.54, 1.807) is 26.8 Å². The molecular weight excluding hydrogens is 384 g/mol. The van der Waals surface area contributed by atoms with E-state index in [4.69, 9.17) is 0 Å². The largest absolute Gasteiger partial charge is 0.345 e. The summed E-state index contributed by atoms with van der Waals surface area (Å²) in [6.45, 7) is 11.7. The molecule has 2 atom stereocenters. The van der Waals surface area contributed by atoms with Gasteiger partial charge in [-0.15, -0.1) is 0 Å². The van der Waals surface area contributed by atoms with E-state index in [1.165, 1.54) is 4.68 Å². The van der Waals surface area contributed by atoms with E-state index >= 15 is 0 Å². The van der Waals surface area contributed by atoms with E-state index in [9.17, 15) is 14.4 Å². The van der Waals surface area contributed by atoms with Crippen LogP contribution in [0.5, 0.6) is 0 Å². The summed E-state index contributed by atoms with van der Waals surface area (Å²) in [6.07, 6.45) is 2.79. The molecule has 1 aliphatic rings. The monoisotopic (exact) mass is 414 g/mol. The Balaban J connectivity index is 1.76. The molecular formula is C21H30N6O3. The maximum Gasteiger partial charge on any atom is 0.314 e. The lowest BCUT2D eigenvalue weighted by Gasteiger charge is -2.39. The van der Waals surface area contributed by atoms with Crippen LogP contribution in [-0.2, 0) is 9.59 Å². The number of aromatic amines is 1. The van der Waals surface area contributed by atoms with Crippen molar-refractivity contribution in [1.29, 1.82) is 0 Å². The Labute approximate surface area is 175 Å². The lowest BCUT2D eigenvalue weighted by molar-refractivity contribution is -0.137. The number of nitrogens with one attached hydrogen (secondary N) is 3. The van der Waals surface area contributed by atoms with Gasteiger partial charge in [-0.3, -0.25) is 19.4 Å². The molecule has 0 saturated heterocycles. The first-order chi connectivity index (χ1) is 13.9. The SMILES string of the molecule is Cc1cc(NC(=O)C(=O)N[C@H]2C[C@@H](C)CC(C)(C)C2)n(-c2nc(C)c(C)c(=O)[nH]2)n1. The molecule has 1 aliphatic carbocycles. The lowest BCUT2D eigenvalue weighted by atomic mass is 9.70. The molecule has 162 valence electrons. The highest BCUT2D eigenvalue weighted by molar-refractivity contribution is 6.39. The van der Waals surface area contributed by atoms with Gasteiger partial charge >= 0.3 is 11.8 Å². The molecule has 1 saturated carbocycles. The van der Waals surface area contributed by atoms with Crippen molar-refractivity contribution in [2.75, 3.05) is 5.32 Å². The van der Waals surface area contributed by atoms with Crippen molar-refractivity contribution >= 4 is 17.6 Å². The quantitative estimate of drug-likeness (QED) is 0.665. The molecule has 0 aromatic carbocycles. The Morgan fingerprint density at radius 2 is 1.90 bits per heavy atom. The first-order valence-corrected chi connectivity index (χ1v) is 10.2. The molecule has 0 radical (unpaired) electrons. The van der Waals surface area contributed by atoms with Gasteiger partial charge in [0.05, 0.1) is 5.69 Å². The van der Waals surface area contributed by atoms with E-state index in [0.717, 1.165) is 19.3 Å². The van der Waals surface area contributed by atoms with Crippen LogP contribution in [0.3, 0.4) is 0 Å². The van der Waals surface area contributed by atoms with Crippen LogP contribution in [-0.4, -0.2) is 37.6 Å². The van der Waals surface area contributed by atoms with Gasteiger partial charge in [-0.25, -0.2) is 4.98 Å². The van der Waals surface area contributed by atoms with Gasteiger partial charge < -0.3 is 10.6 Å². The molecule has 9 nitrogen and oxygen atoms in total. The number of aryl methyl sites for hydroxylation is 2. The van der Waals surface area contributed by atoms with Crippen LogP contribution < -0.4 is 16.2 Å².